The first-order chi connectivity index (χ1) is 8.74. The summed E-state index contributed by atoms with van der Waals surface area (Å²) < 4.78 is 0. The van der Waals surface area contributed by atoms with Gasteiger partial charge in [0.1, 0.15) is 11.9 Å². The van der Waals surface area contributed by atoms with E-state index < -0.39 is 0 Å². The fraction of sp³-hybridized carbons (Fsp3) is 0.0714. The van der Waals surface area contributed by atoms with Gasteiger partial charge in [-0.15, -0.1) is 0 Å². The topological polar surface area (TPSA) is 63.7 Å². The molecule has 0 aliphatic rings. The molecule has 4 heteroatoms. The lowest BCUT2D eigenvalue weighted by Gasteiger charge is -2.18. The average molecular weight is 234 g/mol. The van der Waals surface area contributed by atoms with Crippen molar-refractivity contribution in [2.24, 2.45) is 0 Å². The van der Waals surface area contributed by atoms with E-state index >= 15 is 0 Å². The fourth-order valence-corrected chi connectivity index (χ4v) is 1.54. The molecule has 0 atom stereocenters. The maximum absolute atomic E-state index is 8.74. The number of anilines is 2. The Morgan fingerprint density at radius 1 is 0.944 bits per heavy atom. The van der Waals surface area contributed by atoms with Crippen molar-refractivity contribution in [3.05, 3.63) is 53.7 Å². The first-order valence-electron chi connectivity index (χ1n) is 5.34. The van der Waals surface area contributed by atoms with E-state index in [0.29, 0.717) is 11.1 Å². The zero-order valence-electron chi connectivity index (χ0n) is 9.83. The number of hydrogen-bond acceptors (Lipinski definition) is 4. The van der Waals surface area contributed by atoms with E-state index in [1.54, 1.807) is 24.3 Å². The molecule has 2 rings (SSSR count). The molecule has 1 aromatic carbocycles. The lowest BCUT2D eigenvalue weighted by molar-refractivity contribution is 1.12. The van der Waals surface area contributed by atoms with Crippen LogP contribution in [0.25, 0.3) is 0 Å². The summed E-state index contributed by atoms with van der Waals surface area (Å²) in [5.41, 5.74) is 2.10. The molecule has 86 valence electrons. The highest BCUT2D eigenvalue weighted by Gasteiger charge is 2.05. The summed E-state index contributed by atoms with van der Waals surface area (Å²) >= 11 is 0. The van der Waals surface area contributed by atoms with E-state index in [4.69, 9.17) is 10.5 Å². The van der Waals surface area contributed by atoms with Gasteiger partial charge in [0.15, 0.2) is 0 Å². The Balaban J connectivity index is 2.27. The minimum Gasteiger partial charge on any atom is -0.329 e. The molecule has 0 saturated heterocycles. The van der Waals surface area contributed by atoms with Crippen LogP contribution >= 0.6 is 0 Å². The maximum atomic E-state index is 8.74. The Hall–Kier alpha value is -2.85. The number of hydrogen-bond donors (Lipinski definition) is 0. The molecule has 0 saturated carbocycles. The van der Waals surface area contributed by atoms with Crippen LogP contribution in [0.2, 0.25) is 0 Å². The van der Waals surface area contributed by atoms with E-state index in [2.05, 4.69) is 11.1 Å². The molecule has 0 spiro atoms. The lowest BCUT2D eigenvalue weighted by Crippen LogP contribution is -2.10. The van der Waals surface area contributed by atoms with Crippen molar-refractivity contribution in [3.63, 3.8) is 0 Å². The Morgan fingerprint density at radius 3 is 2.06 bits per heavy atom. The summed E-state index contributed by atoms with van der Waals surface area (Å²) in [6.45, 7) is 0. The van der Waals surface area contributed by atoms with Crippen LogP contribution < -0.4 is 4.90 Å². The number of nitriles is 2. The Kier molecular flexibility index (Phi) is 3.22. The standard InChI is InChI=1S/C14H10N4/c1-18(13-5-2-11(8-15)3-6-13)14-7-4-12(9-16)10-17-14/h2-7,10H,1H3. The number of benzene rings is 1. The van der Waals surface area contributed by atoms with Crippen LogP contribution in [0.4, 0.5) is 11.5 Å². The van der Waals surface area contributed by atoms with Gasteiger partial charge in [-0.2, -0.15) is 10.5 Å². The molecule has 0 bridgehead atoms. The molecule has 0 aliphatic carbocycles. The highest BCUT2D eigenvalue weighted by molar-refractivity contribution is 5.60. The molecule has 1 aromatic heterocycles. The Labute approximate surface area is 105 Å². The van der Waals surface area contributed by atoms with Crippen molar-refractivity contribution < 1.29 is 0 Å². The maximum Gasteiger partial charge on any atom is 0.132 e. The van der Waals surface area contributed by atoms with Crippen molar-refractivity contribution in [1.29, 1.82) is 10.5 Å². The normalized spacial score (nSPS) is 9.28. The number of rotatable bonds is 2. The van der Waals surface area contributed by atoms with E-state index in [1.165, 1.54) is 6.20 Å². The van der Waals surface area contributed by atoms with Crippen LogP contribution in [-0.4, -0.2) is 12.0 Å². The first-order valence-corrected chi connectivity index (χ1v) is 5.34. The van der Waals surface area contributed by atoms with Gasteiger partial charge in [-0.3, -0.25) is 0 Å². The second-order valence-electron chi connectivity index (χ2n) is 3.73. The highest BCUT2D eigenvalue weighted by atomic mass is 15.2. The molecule has 4 nitrogen and oxygen atoms in total. The summed E-state index contributed by atoms with van der Waals surface area (Å²) in [5.74, 6) is 0.749. The summed E-state index contributed by atoms with van der Waals surface area (Å²) in [7, 11) is 1.88. The Bertz CT molecular complexity index is 557. The molecule has 0 aliphatic heterocycles. The van der Waals surface area contributed by atoms with Crippen LogP contribution in [0.5, 0.6) is 0 Å². The van der Waals surface area contributed by atoms with E-state index in [-0.39, 0.29) is 0 Å². The van der Waals surface area contributed by atoms with Gasteiger partial charge in [-0.25, -0.2) is 4.98 Å². The minimum atomic E-state index is 0.534. The van der Waals surface area contributed by atoms with Gasteiger partial charge >= 0.3 is 0 Å². The van der Waals surface area contributed by atoms with Crippen molar-refractivity contribution >= 4 is 11.5 Å². The number of nitrogens with zero attached hydrogens (tertiary/aromatic N) is 4. The lowest BCUT2D eigenvalue weighted by atomic mass is 10.2. The van der Waals surface area contributed by atoms with E-state index in [9.17, 15) is 0 Å². The molecular formula is C14H10N4. The van der Waals surface area contributed by atoms with Gasteiger partial charge in [-0.1, -0.05) is 0 Å². The predicted molar refractivity (Wildman–Crippen MR) is 68.2 cm³/mol. The van der Waals surface area contributed by atoms with Gasteiger partial charge in [0.25, 0.3) is 0 Å². The minimum absolute atomic E-state index is 0.534. The second kappa shape index (κ2) is 4.99. The quantitative estimate of drug-likeness (QED) is 0.801. The van der Waals surface area contributed by atoms with E-state index in [1.807, 2.05) is 30.1 Å². The third-order valence-electron chi connectivity index (χ3n) is 2.60. The molecule has 0 unspecified atom stereocenters. The van der Waals surface area contributed by atoms with Crippen molar-refractivity contribution in [1.82, 2.24) is 4.98 Å². The Morgan fingerprint density at radius 2 is 1.56 bits per heavy atom. The van der Waals surface area contributed by atoms with E-state index in [0.717, 1.165) is 11.5 Å². The van der Waals surface area contributed by atoms with Crippen LogP contribution in [0, 0.1) is 22.7 Å². The molecule has 0 fully saturated rings. The van der Waals surface area contributed by atoms with Crippen LogP contribution in [0.1, 0.15) is 11.1 Å². The predicted octanol–water partition coefficient (Wildman–Crippen LogP) is 2.59. The average Bonchev–Trinajstić information content (AvgIpc) is 2.47. The molecule has 0 radical (unpaired) electrons. The van der Waals surface area contributed by atoms with Crippen LogP contribution in [-0.2, 0) is 0 Å². The highest BCUT2D eigenvalue weighted by Crippen LogP contribution is 2.21. The SMILES string of the molecule is CN(c1ccc(C#N)cc1)c1ccc(C#N)cn1. The third kappa shape index (κ3) is 2.28. The molecule has 2 aromatic rings. The largest absolute Gasteiger partial charge is 0.329 e. The van der Waals surface area contributed by atoms with Gasteiger partial charge in [-0.05, 0) is 36.4 Å². The fourth-order valence-electron chi connectivity index (χ4n) is 1.54. The summed E-state index contributed by atoms with van der Waals surface area (Å²) in [5, 5.41) is 17.4. The van der Waals surface area contributed by atoms with Crippen LogP contribution in [0.15, 0.2) is 42.6 Å². The zero-order chi connectivity index (χ0) is 13.0. The first kappa shape index (κ1) is 11.6. The van der Waals surface area contributed by atoms with Crippen molar-refractivity contribution in [2.75, 3.05) is 11.9 Å². The summed E-state index contributed by atoms with van der Waals surface area (Å²) in [6, 6.07) is 14.9. The van der Waals surface area contributed by atoms with Gasteiger partial charge in [0, 0.05) is 18.9 Å². The number of pyridine rings is 1. The second-order valence-corrected chi connectivity index (χ2v) is 3.73. The molecule has 0 N–H and O–H groups in total. The molecule has 18 heavy (non-hydrogen) atoms. The van der Waals surface area contributed by atoms with Crippen molar-refractivity contribution in [3.8, 4) is 12.1 Å². The monoisotopic (exact) mass is 234 g/mol. The van der Waals surface area contributed by atoms with Crippen molar-refractivity contribution in [2.45, 2.75) is 0 Å². The molecule has 0 amide bonds. The molecular weight excluding hydrogens is 224 g/mol. The third-order valence-corrected chi connectivity index (χ3v) is 2.60. The van der Waals surface area contributed by atoms with Crippen LogP contribution in [0.3, 0.4) is 0 Å². The summed E-state index contributed by atoms with van der Waals surface area (Å²) in [6.07, 6.45) is 1.54. The van der Waals surface area contributed by atoms with Gasteiger partial charge in [0.2, 0.25) is 0 Å². The van der Waals surface area contributed by atoms with Gasteiger partial charge in [0.05, 0.1) is 17.2 Å². The smallest absolute Gasteiger partial charge is 0.132 e. The van der Waals surface area contributed by atoms with Gasteiger partial charge < -0.3 is 4.90 Å². The zero-order valence-corrected chi connectivity index (χ0v) is 9.83. The summed E-state index contributed by atoms with van der Waals surface area (Å²) in [4.78, 5) is 6.10. The number of aromatic nitrogens is 1. The molecule has 1 heterocycles.